The van der Waals surface area contributed by atoms with Gasteiger partial charge in [-0.05, 0) is 57.0 Å². The standard InChI is InChI=1S/C17H14BrNO2S2/c18-13-4-2-1-3-12(13)17(21)19-9-14(20)16-6-5-15(23-16)11-7-8-22-10-11/h1-8,10,14,20H,9H2,(H,19,21)/t14-/m0/s1. The zero-order chi connectivity index (χ0) is 16.2. The van der Waals surface area contributed by atoms with Gasteiger partial charge >= 0.3 is 0 Å². The van der Waals surface area contributed by atoms with Gasteiger partial charge in [0.15, 0.2) is 0 Å². The van der Waals surface area contributed by atoms with Crippen molar-refractivity contribution in [3.05, 3.63) is 68.1 Å². The number of carbonyl (C=O) groups is 1. The molecule has 0 aliphatic carbocycles. The molecule has 3 nitrogen and oxygen atoms in total. The fourth-order valence-corrected chi connectivity index (χ4v) is 4.31. The second kappa shape index (κ2) is 7.40. The molecule has 118 valence electrons. The highest BCUT2D eigenvalue weighted by molar-refractivity contribution is 9.10. The second-order valence-electron chi connectivity index (χ2n) is 4.92. The molecule has 0 fully saturated rings. The van der Waals surface area contributed by atoms with Gasteiger partial charge in [-0.3, -0.25) is 4.79 Å². The lowest BCUT2D eigenvalue weighted by Gasteiger charge is -2.11. The SMILES string of the molecule is O=C(NC[C@H](O)c1ccc(-c2ccsc2)s1)c1ccccc1Br. The Kier molecular flexibility index (Phi) is 5.27. The number of amides is 1. The van der Waals surface area contributed by atoms with Crippen LogP contribution in [0, 0.1) is 0 Å². The summed E-state index contributed by atoms with van der Waals surface area (Å²) in [6.45, 7) is 0.184. The molecular formula is C17H14BrNO2S2. The fraction of sp³-hybridized carbons (Fsp3) is 0.118. The van der Waals surface area contributed by atoms with E-state index < -0.39 is 6.10 Å². The molecule has 3 aromatic rings. The summed E-state index contributed by atoms with van der Waals surface area (Å²) in [5, 5.41) is 17.2. The number of rotatable bonds is 5. The molecule has 0 radical (unpaired) electrons. The van der Waals surface area contributed by atoms with Crippen molar-refractivity contribution in [2.75, 3.05) is 6.54 Å². The maximum atomic E-state index is 12.1. The van der Waals surface area contributed by atoms with Crippen molar-refractivity contribution in [1.82, 2.24) is 5.32 Å². The molecule has 0 aliphatic rings. The van der Waals surface area contributed by atoms with Crippen molar-refractivity contribution in [1.29, 1.82) is 0 Å². The van der Waals surface area contributed by atoms with E-state index in [0.717, 1.165) is 19.8 Å². The quantitative estimate of drug-likeness (QED) is 0.643. The summed E-state index contributed by atoms with van der Waals surface area (Å²) in [6.07, 6.45) is -0.709. The van der Waals surface area contributed by atoms with Gasteiger partial charge in [-0.2, -0.15) is 11.3 Å². The Bertz CT molecular complexity index is 799. The van der Waals surface area contributed by atoms with Crippen molar-refractivity contribution < 1.29 is 9.90 Å². The van der Waals surface area contributed by atoms with E-state index in [0.29, 0.717) is 5.56 Å². The number of hydrogen-bond donors (Lipinski definition) is 2. The maximum Gasteiger partial charge on any atom is 0.252 e. The van der Waals surface area contributed by atoms with Crippen LogP contribution in [0.25, 0.3) is 10.4 Å². The van der Waals surface area contributed by atoms with E-state index in [1.807, 2.05) is 35.7 Å². The van der Waals surface area contributed by atoms with Crippen LogP contribution in [0.15, 0.2) is 57.7 Å². The zero-order valence-electron chi connectivity index (χ0n) is 12.0. The zero-order valence-corrected chi connectivity index (χ0v) is 15.2. The van der Waals surface area contributed by atoms with Crippen molar-refractivity contribution in [3.8, 4) is 10.4 Å². The number of hydrogen-bond acceptors (Lipinski definition) is 4. The number of halogens is 1. The summed E-state index contributed by atoms with van der Waals surface area (Å²) < 4.78 is 0.739. The van der Waals surface area contributed by atoms with Crippen LogP contribution in [0.2, 0.25) is 0 Å². The normalized spacial score (nSPS) is 12.1. The smallest absolute Gasteiger partial charge is 0.252 e. The molecule has 2 N–H and O–H groups in total. The number of aliphatic hydroxyl groups is 1. The van der Waals surface area contributed by atoms with Crippen LogP contribution in [-0.4, -0.2) is 17.6 Å². The van der Waals surface area contributed by atoms with E-state index in [4.69, 9.17) is 0 Å². The van der Waals surface area contributed by atoms with E-state index in [2.05, 4.69) is 32.7 Å². The van der Waals surface area contributed by atoms with Crippen LogP contribution in [0.1, 0.15) is 21.3 Å². The molecular weight excluding hydrogens is 394 g/mol. The second-order valence-corrected chi connectivity index (χ2v) is 7.67. The summed E-state index contributed by atoms with van der Waals surface area (Å²) in [7, 11) is 0. The summed E-state index contributed by atoms with van der Waals surface area (Å²) in [5.41, 5.74) is 1.72. The minimum Gasteiger partial charge on any atom is -0.386 e. The highest BCUT2D eigenvalue weighted by Crippen LogP contribution is 2.32. The van der Waals surface area contributed by atoms with E-state index in [1.54, 1.807) is 28.7 Å². The maximum absolute atomic E-state index is 12.1. The Balaban J connectivity index is 1.62. The lowest BCUT2D eigenvalue weighted by Crippen LogP contribution is -2.28. The fourth-order valence-electron chi connectivity index (χ4n) is 2.12. The highest BCUT2D eigenvalue weighted by Gasteiger charge is 2.15. The molecule has 0 unspecified atom stereocenters. The van der Waals surface area contributed by atoms with Gasteiger partial charge in [0, 0.05) is 26.3 Å². The van der Waals surface area contributed by atoms with Crippen LogP contribution >= 0.6 is 38.6 Å². The number of nitrogens with one attached hydrogen (secondary N) is 1. The third kappa shape index (κ3) is 3.90. The Labute approximate surface area is 150 Å². The topological polar surface area (TPSA) is 49.3 Å². The van der Waals surface area contributed by atoms with Gasteiger partial charge in [-0.15, -0.1) is 11.3 Å². The molecule has 23 heavy (non-hydrogen) atoms. The monoisotopic (exact) mass is 407 g/mol. The molecule has 0 aliphatic heterocycles. The molecule has 1 atom stereocenters. The average Bonchev–Trinajstić information content (AvgIpc) is 3.23. The Morgan fingerprint density at radius 3 is 2.78 bits per heavy atom. The summed E-state index contributed by atoms with van der Waals surface area (Å²) in [5.74, 6) is -0.203. The molecule has 2 heterocycles. The predicted octanol–water partition coefficient (Wildman–Crippen LogP) is 4.70. The Morgan fingerprint density at radius 2 is 2.04 bits per heavy atom. The minimum absolute atomic E-state index is 0.184. The number of thiophene rings is 2. The molecule has 6 heteroatoms. The first kappa shape index (κ1) is 16.4. The van der Waals surface area contributed by atoms with E-state index in [-0.39, 0.29) is 12.5 Å². The minimum atomic E-state index is -0.709. The van der Waals surface area contributed by atoms with Gasteiger partial charge in [0.2, 0.25) is 0 Å². The molecule has 1 aromatic carbocycles. The molecule has 2 aromatic heterocycles. The average molecular weight is 408 g/mol. The van der Waals surface area contributed by atoms with Gasteiger partial charge < -0.3 is 10.4 Å². The van der Waals surface area contributed by atoms with Gasteiger partial charge in [0.25, 0.3) is 5.91 Å². The van der Waals surface area contributed by atoms with Crippen LogP contribution in [0.3, 0.4) is 0 Å². The van der Waals surface area contributed by atoms with E-state index >= 15 is 0 Å². The Hall–Kier alpha value is -1.47. The van der Waals surface area contributed by atoms with Crippen LogP contribution in [0.5, 0.6) is 0 Å². The van der Waals surface area contributed by atoms with Gasteiger partial charge in [-0.1, -0.05) is 12.1 Å². The highest BCUT2D eigenvalue weighted by atomic mass is 79.9. The van der Waals surface area contributed by atoms with Gasteiger partial charge in [-0.25, -0.2) is 0 Å². The first-order valence-corrected chi connectivity index (χ1v) is 9.53. The molecule has 3 rings (SSSR count). The Morgan fingerprint density at radius 1 is 1.22 bits per heavy atom. The number of benzene rings is 1. The summed E-state index contributed by atoms with van der Waals surface area (Å²) in [4.78, 5) is 14.1. The van der Waals surface area contributed by atoms with Crippen molar-refractivity contribution in [2.24, 2.45) is 0 Å². The first-order valence-electron chi connectivity index (χ1n) is 6.98. The molecule has 0 spiro atoms. The largest absolute Gasteiger partial charge is 0.386 e. The molecule has 0 bridgehead atoms. The van der Waals surface area contributed by atoms with Crippen LogP contribution in [0.4, 0.5) is 0 Å². The first-order chi connectivity index (χ1) is 11.1. The predicted molar refractivity (Wildman–Crippen MR) is 99.1 cm³/mol. The van der Waals surface area contributed by atoms with Crippen LogP contribution in [-0.2, 0) is 0 Å². The van der Waals surface area contributed by atoms with E-state index in [9.17, 15) is 9.90 Å². The summed E-state index contributed by atoms with van der Waals surface area (Å²) in [6, 6.07) is 13.2. The van der Waals surface area contributed by atoms with Gasteiger partial charge in [0.1, 0.15) is 6.10 Å². The van der Waals surface area contributed by atoms with Crippen molar-refractivity contribution in [3.63, 3.8) is 0 Å². The lowest BCUT2D eigenvalue weighted by molar-refractivity contribution is 0.0917. The molecule has 0 saturated heterocycles. The van der Waals surface area contributed by atoms with Crippen molar-refractivity contribution in [2.45, 2.75) is 6.10 Å². The molecule has 1 amide bonds. The third-order valence-electron chi connectivity index (χ3n) is 3.34. The van der Waals surface area contributed by atoms with E-state index in [1.165, 1.54) is 0 Å². The number of carbonyl (C=O) groups excluding carboxylic acids is 1. The van der Waals surface area contributed by atoms with Gasteiger partial charge in [0.05, 0.1) is 5.56 Å². The summed E-state index contributed by atoms with van der Waals surface area (Å²) >= 11 is 6.55. The van der Waals surface area contributed by atoms with Crippen molar-refractivity contribution >= 4 is 44.5 Å². The van der Waals surface area contributed by atoms with Crippen LogP contribution < -0.4 is 5.32 Å². The third-order valence-corrected chi connectivity index (χ3v) is 5.95. The lowest BCUT2D eigenvalue weighted by atomic mass is 10.2. The molecule has 0 saturated carbocycles. The number of aliphatic hydroxyl groups excluding tert-OH is 1.